The Balaban J connectivity index is 2.46. The standard InChI is InChI=1S/C14H14N2O5S/c1-2-7-22-21-10-5-6-15-13(16-10)11-8(17)3-4-9(18)12(11)14(19)20/h3-6,17-18H,2,7H2,1H3,(H,19,20). The smallest absolute Gasteiger partial charge is 0.340 e. The fourth-order valence-electron chi connectivity index (χ4n) is 1.72. The zero-order valence-corrected chi connectivity index (χ0v) is 12.5. The van der Waals surface area contributed by atoms with Crippen molar-refractivity contribution in [3.05, 3.63) is 30.0 Å². The summed E-state index contributed by atoms with van der Waals surface area (Å²) in [5, 5.41) is 28.8. The van der Waals surface area contributed by atoms with Crippen molar-refractivity contribution in [3.8, 4) is 28.8 Å². The number of carbonyl (C=O) groups is 1. The Morgan fingerprint density at radius 3 is 2.68 bits per heavy atom. The number of phenolic OH excluding ortho intramolecular Hbond substituents is 1. The fourth-order valence-corrected chi connectivity index (χ4v) is 2.18. The second-order valence-corrected chi connectivity index (χ2v) is 5.09. The van der Waals surface area contributed by atoms with Gasteiger partial charge in [-0.2, -0.15) is 4.98 Å². The molecule has 1 heterocycles. The molecule has 0 spiro atoms. The highest BCUT2D eigenvalue weighted by molar-refractivity contribution is 7.95. The van der Waals surface area contributed by atoms with Crippen LogP contribution in [0.1, 0.15) is 23.7 Å². The predicted octanol–water partition coefficient (Wildman–Crippen LogP) is 2.69. The first-order valence-corrected chi connectivity index (χ1v) is 7.36. The first kappa shape index (κ1) is 15.9. The van der Waals surface area contributed by atoms with Crippen molar-refractivity contribution < 1.29 is 24.3 Å². The largest absolute Gasteiger partial charge is 0.507 e. The minimum absolute atomic E-state index is 0.0413. The van der Waals surface area contributed by atoms with Gasteiger partial charge < -0.3 is 19.5 Å². The number of carboxylic acids is 1. The van der Waals surface area contributed by atoms with Crippen LogP contribution < -0.4 is 4.18 Å². The van der Waals surface area contributed by atoms with Gasteiger partial charge in [0.05, 0.1) is 17.6 Å². The van der Waals surface area contributed by atoms with Crippen LogP contribution in [0.4, 0.5) is 0 Å². The van der Waals surface area contributed by atoms with Crippen LogP contribution in [-0.4, -0.2) is 37.0 Å². The fraction of sp³-hybridized carbons (Fsp3) is 0.214. The second kappa shape index (κ2) is 6.99. The van der Waals surface area contributed by atoms with E-state index in [0.29, 0.717) is 0 Å². The number of carboxylic acid groups (broad SMARTS) is 1. The second-order valence-electron chi connectivity index (χ2n) is 4.28. The summed E-state index contributed by atoms with van der Waals surface area (Å²) in [6.45, 7) is 2.01. The summed E-state index contributed by atoms with van der Waals surface area (Å²) in [6, 6.07) is 3.80. The first-order chi connectivity index (χ1) is 10.5. The first-order valence-electron chi connectivity index (χ1n) is 6.45. The van der Waals surface area contributed by atoms with Crippen LogP contribution in [0.5, 0.6) is 17.4 Å². The molecule has 0 radical (unpaired) electrons. The molecule has 3 N–H and O–H groups in total. The number of rotatable bonds is 6. The molecule has 7 nitrogen and oxygen atoms in total. The lowest BCUT2D eigenvalue weighted by molar-refractivity contribution is 0.0694. The number of hydrogen-bond acceptors (Lipinski definition) is 7. The summed E-state index contributed by atoms with van der Waals surface area (Å²) in [5.41, 5.74) is -0.614. The van der Waals surface area contributed by atoms with Crippen molar-refractivity contribution in [2.75, 3.05) is 5.75 Å². The van der Waals surface area contributed by atoms with E-state index >= 15 is 0 Å². The van der Waals surface area contributed by atoms with Crippen molar-refractivity contribution >= 4 is 18.0 Å². The molecule has 8 heteroatoms. The zero-order chi connectivity index (χ0) is 16.1. The van der Waals surface area contributed by atoms with E-state index in [1.54, 1.807) is 0 Å². The van der Waals surface area contributed by atoms with Crippen molar-refractivity contribution in [2.24, 2.45) is 0 Å². The van der Waals surface area contributed by atoms with Crippen molar-refractivity contribution in [3.63, 3.8) is 0 Å². The highest BCUT2D eigenvalue weighted by atomic mass is 32.2. The molecule has 0 amide bonds. The number of nitrogens with zero attached hydrogens (tertiary/aromatic N) is 2. The maximum absolute atomic E-state index is 11.3. The van der Waals surface area contributed by atoms with Crippen LogP contribution in [0.3, 0.4) is 0 Å². The van der Waals surface area contributed by atoms with E-state index in [9.17, 15) is 20.1 Å². The van der Waals surface area contributed by atoms with Crippen molar-refractivity contribution in [1.29, 1.82) is 0 Å². The van der Waals surface area contributed by atoms with E-state index in [1.165, 1.54) is 30.4 Å². The molecular weight excluding hydrogens is 308 g/mol. The molecule has 0 bridgehead atoms. The van der Waals surface area contributed by atoms with Gasteiger partial charge in [-0.1, -0.05) is 6.92 Å². The molecule has 0 saturated heterocycles. The number of benzene rings is 1. The Morgan fingerprint density at radius 2 is 2.00 bits per heavy atom. The van der Waals surface area contributed by atoms with Crippen LogP contribution >= 0.6 is 12.0 Å². The van der Waals surface area contributed by atoms with Gasteiger partial charge in [-0.05, 0) is 18.6 Å². The van der Waals surface area contributed by atoms with Crippen LogP contribution in [0.25, 0.3) is 11.4 Å². The number of aromatic nitrogens is 2. The van der Waals surface area contributed by atoms with Crippen LogP contribution in [0.15, 0.2) is 24.4 Å². The number of phenols is 2. The van der Waals surface area contributed by atoms with Gasteiger partial charge in [0, 0.05) is 18.0 Å². The maximum atomic E-state index is 11.3. The lowest BCUT2D eigenvalue weighted by atomic mass is 10.0. The van der Waals surface area contributed by atoms with E-state index in [1.807, 2.05) is 6.92 Å². The number of hydrogen-bond donors (Lipinski definition) is 3. The lowest BCUT2D eigenvalue weighted by Gasteiger charge is -2.10. The van der Waals surface area contributed by atoms with Crippen LogP contribution in [0.2, 0.25) is 0 Å². The molecule has 1 aromatic heterocycles. The average molecular weight is 322 g/mol. The van der Waals surface area contributed by atoms with E-state index in [4.69, 9.17) is 4.18 Å². The van der Waals surface area contributed by atoms with Crippen LogP contribution in [0, 0.1) is 0 Å². The summed E-state index contributed by atoms with van der Waals surface area (Å²) in [6.07, 6.45) is 2.32. The van der Waals surface area contributed by atoms with E-state index in [2.05, 4.69) is 9.97 Å². The quantitative estimate of drug-likeness (QED) is 0.423. The van der Waals surface area contributed by atoms with Gasteiger partial charge in [-0.3, -0.25) is 0 Å². The van der Waals surface area contributed by atoms with Gasteiger partial charge in [0.1, 0.15) is 17.1 Å². The normalized spacial score (nSPS) is 10.4. The summed E-state index contributed by atoms with van der Waals surface area (Å²) in [7, 11) is 0. The minimum atomic E-state index is -1.39. The molecule has 22 heavy (non-hydrogen) atoms. The predicted molar refractivity (Wildman–Crippen MR) is 81.1 cm³/mol. The summed E-state index contributed by atoms with van der Waals surface area (Å²) in [5.74, 6) is -1.23. The maximum Gasteiger partial charge on any atom is 0.340 e. The molecule has 2 aromatic rings. The molecule has 0 aliphatic heterocycles. The Bertz CT molecular complexity index is 693. The Morgan fingerprint density at radius 1 is 1.27 bits per heavy atom. The number of aromatic carboxylic acids is 1. The molecule has 0 saturated carbocycles. The molecule has 0 aliphatic rings. The van der Waals surface area contributed by atoms with Crippen molar-refractivity contribution in [1.82, 2.24) is 9.97 Å². The van der Waals surface area contributed by atoms with Gasteiger partial charge >= 0.3 is 5.97 Å². The van der Waals surface area contributed by atoms with Crippen molar-refractivity contribution in [2.45, 2.75) is 13.3 Å². The minimum Gasteiger partial charge on any atom is -0.507 e. The Labute approximate surface area is 130 Å². The van der Waals surface area contributed by atoms with Gasteiger partial charge in [0.15, 0.2) is 5.82 Å². The monoisotopic (exact) mass is 322 g/mol. The van der Waals surface area contributed by atoms with Crippen LogP contribution in [-0.2, 0) is 0 Å². The third-order valence-corrected chi connectivity index (χ3v) is 3.52. The topological polar surface area (TPSA) is 113 Å². The molecule has 2 rings (SSSR count). The van der Waals surface area contributed by atoms with E-state index < -0.39 is 17.3 Å². The van der Waals surface area contributed by atoms with Gasteiger partial charge in [-0.15, -0.1) is 0 Å². The Hall–Kier alpha value is -2.48. The zero-order valence-electron chi connectivity index (χ0n) is 11.7. The molecule has 0 unspecified atom stereocenters. The van der Waals surface area contributed by atoms with Gasteiger partial charge in [-0.25, -0.2) is 9.78 Å². The van der Waals surface area contributed by atoms with Gasteiger partial charge in [0.2, 0.25) is 5.88 Å². The summed E-state index contributed by atoms with van der Waals surface area (Å²) >= 11 is 1.21. The molecule has 0 fully saturated rings. The SMILES string of the molecule is CCCSOc1ccnc(-c2c(O)ccc(O)c2C(=O)O)n1. The summed E-state index contributed by atoms with van der Waals surface area (Å²) < 4.78 is 5.35. The molecule has 116 valence electrons. The third-order valence-electron chi connectivity index (χ3n) is 2.66. The molecular formula is C14H14N2O5S. The highest BCUT2D eigenvalue weighted by Crippen LogP contribution is 2.36. The third kappa shape index (κ3) is 3.40. The average Bonchev–Trinajstić information content (AvgIpc) is 2.49. The van der Waals surface area contributed by atoms with E-state index in [0.717, 1.165) is 18.2 Å². The summed E-state index contributed by atoms with van der Waals surface area (Å²) in [4.78, 5) is 19.3. The van der Waals surface area contributed by atoms with E-state index in [-0.39, 0.29) is 23.0 Å². The Kier molecular flexibility index (Phi) is 5.05. The van der Waals surface area contributed by atoms with Gasteiger partial charge in [0.25, 0.3) is 0 Å². The molecule has 0 aliphatic carbocycles. The lowest BCUT2D eigenvalue weighted by Crippen LogP contribution is -2.03. The highest BCUT2D eigenvalue weighted by Gasteiger charge is 2.22. The number of aromatic hydroxyl groups is 2. The molecule has 0 atom stereocenters. The molecule has 1 aromatic carbocycles.